The maximum Gasteiger partial charge on any atom is 0.115 e. The number of aliphatic hydroxyl groups excluding tert-OH is 1. The van der Waals surface area contributed by atoms with Gasteiger partial charge in [0.05, 0.1) is 6.10 Å². The van der Waals surface area contributed by atoms with Gasteiger partial charge in [-0.3, -0.25) is 0 Å². The zero-order chi connectivity index (χ0) is 13.5. The molecule has 1 fully saturated rings. The van der Waals surface area contributed by atoms with Gasteiger partial charge in [-0.25, -0.2) is 0 Å². The third kappa shape index (κ3) is 4.84. The van der Waals surface area contributed by atoms with Gasteiger partial charge in [0.2, 0.25) is 0 Å². The number of hydrogen-bond acceptors (Lipinski definition) is 3. The lowest BCUT2D eigenvalue weighted by atomic mass is 9.96. The summed E-state index contributed by atoms with van der Waals surface area (Å²) in [6.07, 6.45) is 8.52. The molecule has 106 valence electrons. The Morgan fingerprint density at radius 1 is 1.11 bits per heavy atom. The smallest absolute Gasteiger partial charge is 0.115 e. The van der Waals surface area contributed by atoms with Crippen LogP contribution in [0, 0.1) is 0 Å². The largest absolute Gasteiger partial charge is 0.508 e. The molecule has 19 heavy (non-hydrogen) atoms. The molecule has 3 heteroatoms. The SMILES string of the molecule is Oc1cccc(C(O)CNC2CCCCCCC2)c1. The molecular formula is C16H25NO2. The van der Waals surface area contributed by atoms with Crippen LogP contribution in [0.15, 0.2) is 24.3 Å². The van der Waals surface area contributed by atoms with Gasteiger partial charge in [-0.1, -0.05) is 44.2 Å². The van der Waals surface area contributed by atoms with E-state index in [-0.39, 0.29) is 5.75 Å². The van der Waals surface area contributed by atoms with Gasteiger partial charge in [-0.15, -0.1) is 0 Å². The molecule has 1 aliphatic rings. The van der Waals surface area contributed by atoms with Crippen molar-refractivity contribution in [1.82, 2.24) is 5.32 Å². The monoisotopic (exact) mass is 263 g/mol. The molecule has 0 bridgehead atoms. The lowest BCUT2D eigenvalue weighted by Crippen LogP contribution is -2.33. The molecule has 1 saturated carbocycles. The van der Waals surface area contributed by atoms with Crippen LogP contribution in [0.5, 0.6) is 5.75 Å². The van der Waals surface area contributed by atoms with Gasteiger partial charge in [0.15, 0.2) is 0 Å². The predicted molar refractivity (Wildman–Crippen MR) is 77.2 cm³/mol. The van der Waals surface area contributed by atoms with E-state index in [1.807, 2.05) is 6.07 Å². The van der Waals surface area contributed by atoms with Crippen LogP contribution in [-0.4, -0.2) is 22.8 Å². The first-order valence-corrected chi connectivity index (χ1v) is 7.46. The fourth-order valence-electron chi connectivity index (χ4n) is 2.79. The first-order chi connectivity index (χ1) is 9.25. The summed E-state index contributed by atoms with van der Waals surface area (Å²) in [4.78, 5) is 0. The molecular weight excluding hydrogens is 238 g/mol. The highest BCUT2D eigenvalue weighted by Crippen LogP contribution is 2.20. The van der Waals surface area contributed by atoms with Gasteiger partial charge in [0.25, 0.3) is 0 Å². The van der Waals surface area contributed by atoms with Crippen molar-refractivity contribution in [3.05, 3.63) is 29.8 Å². The molecule has 0 amide bonds. The zero-order valence-electron chi connectivity index (χ0n) is 11.5. The minimum absolute atomic E-state index is 0.211. The van der Waals surface area contributed by atoms with E-state index in [1.165, 1.54) is 44.9 Å². The van der Waals surface area contributed by atoms with Crippen LogP contribution in [0.4, 0.5) is 0 Å². The van der Waals surface area contributed by atoms with Gasteiger partial charge in [0, 0.05) is 12.6 Å². The molecule has 1 unspecified atom stereocenters. The standard InChI is InChI=1S/C16H25NO2/c18-15-10-6-7-13(11-15)16(19)12-17-14-8-4-2-1-3-5-9-14/h6-7,10-11,14,16-19H,1-5,8-9,12H2. The molecule has 2 rings (SSSR count). The van der Waals surface area contributed by atoms with Gasteiger partial charge in [-0.2, -0.15) is 0 Å². The van der Waals surface area contributed by atoms with E-state index in [0.29, 0.717) is 12.6 Å². The average molecular weight is 263 g/mol. The summed E-state index contributed by atoms with van der Waals surface area (Å²) in [5, 5.41) is 23.0. The van der Waals surface area contributed by atoms with Crippen LogP contribution >= 0.6 is 0 Å². The van der Waals surface area contributed by atoms with Crippen molar-refractivity contribution < 1.29 is 10.2 Å². The molecule has 0 saturated heterocycles. The van der Waals surface area contributed by atoms with Crippen molar-refractivity contribution in [3.8, 4) is 5.75 Å². The zero-order valence-corrected chi connectivity index (χ0v) is 11.5. The summed E-state index contributed by atoms with van der Waals surface area (Å²) in [7, 11) is 0. The number of rotatable bonds is 4. The minimum Gasteiger partial charge on any atom is -0.508 e. The Morgan fingerprint density at radius 3 is 2.47 bits per heavy atom. The summed E-state index contributed by atoms with van der Waals surface area (Å²) in [5.74, 6) is 0.211. The highest BCUT2D eigenvalue weighted by Gasteiger charge is 2.14. The molecule has 1 aliphatic carbocycles. The normalized spacial score (nSPS) is 19.6. The van der Waals surface area contributed by atoms with E-state index in [2.05, 4.69) is 5.32 Å². The second kappa shape index (κ2) is 7.51. The summed E-state index contributed by atoms with van der Waals surface area (Å²) < 4.78 is 0. The van der Waals surface area contributed by atoms with E-state index >= 15 is 0 Å². The Kier molecular flexibility index (Phi) is 5.67. The number of aliphatic hydroxyl groups is 1. The highest BCUT2D eigenvalue weighted by atomic mass is 16.3. The van der Waals surface area contributed by atoms with Crippen molar-refractivity contribution in [2.45, 2.75) is 57.1 Å². The van der Waals surface area contributed by atoms with Crippen LogP contribution < -0.4 is 5.32 Å². The molecule has 1 aromatic rings. The Bertz CT molecular complexity index is 373. The quantitative estimate of drug-likeness (QED) is 0.782. The van der Waals surface area contributed by atoms with Gasteiger partial charge < -0.3 is 15.5 Å². The summed E-state index contributed by atoms with van der Waals surface area (Å²) in [6, 6.07) is 7.41. The molecule has 3 N–H and O–H groups in total. The third-order valence-electron chi connectivity index (χ3n) is 3.96. The Hall–Kier alpha value is -1.06. The van der Waals surface area contributed by atoms with Gasteiger partial charge in [-0.05, 0) is 30.5 Å². The topological polar surface area (TPSA) is 52.5 Å². The Labute approximate surface area is 115 Å². The number of benzene rings is 1. The van der Waals surface area contributed by atoms with Crippen LogP contribution in [0.2, 0.25) is 0 Å². The number of aromatic hydroxyl groups is 1. The van der Waals surface area contributed by atoms with Crippen molar-refractivity contribution in [3.63, 3.8) is 0 Å². The first-order valence-electron chi connectivity index (χ1n) is 7.46. The highest BCUT2D eigenvalue weighted by molar-refractivity contribution is 5.28. The van der Waals surface area contributed by atoms with Crippen molar-refractivity contribution in [1.29, 1.82) is 0 Å². The lowest BCUT2D eigenvalue weighted by Gasteiger charge is -2.22. The van der Waals surface area contributed by atoms with Gasteiger partial charge >= 0.3 is 0 Å². The number of hydrogen-bond donors (Lipinski definition) is 3. The van der Waals surface area contributed by atoms with Crippen LogP contribution in [0.1, 0.15) is 56.6 Å². The fraction of sp³-hybridized carbons (Fsp3) is 0.625. The van der Waals surface area contributed by atoms with Crippen molar-refractivity contribution in [2.24, 2.45) is 0 Å². The number of nitrogens with one attached hydrogen (secondary N) is 1. The second-order valence-electron chi connectivity index (χ2n) is 5.56. The second-order valence-corrected chi connectivity index (χ2v) is 5.56. The Morgan fingerprint density at radius 2 is 1.79 bits per heavy atom. The van der Waals surface area contributed by atoms with E-state index < -0.39 is 6.10 Å². The number of phenols is 1. The lowest BCUT2D eigenvalue weighted by molar-refractivity contribution is 0.166. The van der Waals surface area contributed by atoms with E-state index in [0.717, 1.165) is 5.56 Å². The Balaban J connectivity index is 1.80. The average Bonchev–Trinajstić information content (AvgIpc) is 2.37. The molecule has 0 radical (unpaired) electrons. The maximum absolute atomic E-state index is 10.1. The molecule has 0 spiro atoms. The molecule has 3 nitrogen and oxygen atoms in total. The van der Waals surface area contributed by atoms with E-state index in [1.54, 1.807) is 18.2 Å². The van der Waals surface area contributed by atoms with Crippen LogP contribution in [-0.2, 0) is 0 Å². The van der Waals surface area contributed by atoms with Gasteiger partial charge in [0.1, 0.15) is 5.75 Å². The summed E-state index contributed by atoms with van der Waals surface area (Å²) in [6.45, 7) is 0.564. The third-order valence-corrected chi connectivity index (χ3v) is 3.96. The van der Waals surface area contributed by atoms with Crippen LogP contribution in [0.25, 0.3) is 0 Å². The van der Waals surface area contributed by atoms with Crippen molar-refractivity contribution in [2.75, 3.05) is 6.54 Å². The van der Waals surface area contributed by atoms with E-state index in [4.69, 9.17) is 0 Å². The first kappa shape index (κ1) is 14.4. The van der Waals surface area contributed by atoms with Crippen LogP contribution in [0.3, 0.4) is 0 Å². The molecule has 0 aromatic heterocycles. The van der Waals surface area contributed by atoms with E-state index in [9.17, 15) is 10.2 Å². The predicted octanol–water partition coefficient (Wildman–Crippen LogP) is 3.13. The molecule has 0 heterocycles. The molecule has 0 aliphatic heterocycles. The number of phenolic OH excluding ortho intramolecular Hbond substituents is 1. The fourth-order valence-corrected chi connectivity index (χ4v) is 2.79. The minimum atomic E-state index is -0.544. The molecule has 1 aromatic carbocycles. The maximum atomic E-state index is 10.1. The molecule has 1 atom stereocenters. The summed E-state index contributed by atoms with van der Waals surface area (Å²) >= 11 is 0. The summed E-state index contributed by atoms with van der Waals surface area (Å²) in [5.41, 5.74) is 0.776. The van der Waals surface area contributed by atoms with Crippen molar-refractivity contribution >= 4 is 0 Å².